The Kier molecular flexibility index (Phi) is 5.39. The van der Waals surface area contributed by atoms with Crippen LogP contribution in [-0.2, 0) is 11.2 Å². The Labute approximate surface area is 203 Å². The maximum Gasteiger partial charge on any atom is 0.202 e. The topological polar surface area (TPSA) is 124 Å². The molecular formula is C27H29NO7. The van der Waals surface area contributed by atoms with Crippen LogP contribution in [0.2, 0.25) is 0 Å². The van der Waals surface area contributed by atoms with E-state index in [2.05, 4.69) is 4.90 Å². The van der Waals surface area contributed by atoms with E-state index in [1.54, 1.807) is 6.07 Å². The number of rotatable bonds is 2. The van der Waals surface area contributed by atoms with Crippen LogP contribution in [0.1, 0.15) is 92.5 Å². The highest BCUT2D eigenvalue weighted by atomic mass is 16.5. The average Bonchev–Trinajstić information content (AvgIpc) is 2.75. The minimum absolute atomic E-state index is 0.0169. The van der Waals surface area contributed by atoms with Gasteiger partial charge in [0.05, 0.1) is 28.9 Å². The van der Waals surface area contributed by atoms with E-state index in [9.17, 15) is 29.7 Å². The van der Waals surface area contributed by atoms with Crippen LogP contribution in [0.4, 0.5) is 0 Å². The molecule has 4 unspecified atom stereocenters. The molecule has 184 valence electrons. The Morgan fingerprint density at radius 2 is 1.69 bits per heavy atom. The SMILES string of the molecule is CC1OC(c2ccc3c(c2O)C(=O)c2c(O)cc4c(c2C3=O)C(=O)CC(C)(O)C4)CCC1N(C)C. The molecule has 2 aliphatic carbocycles. The zero-order chi connectivity index (χ0) is 25.4. The van der Waals surface area contributed by atoms with Crippen LogP contribution in [0.3, 0.4) is 0 Å². The van der Waals surface area contributed by atoms with E-state index in [4.69, 9.17) is 4.74 Å². The second-order valence-corrected chi connectivity index (χ2v) is 10.5. The van der Waals surface area contributed by atoms with Crippen LogP contribution >= 0.6 is 0 Å². The number of nitrogens with zero attached hydrogens (tertiary/aromatic N) is 1. The Morgan fingerprint density at radius 1 is 0.971 bits per heavy atom. The van der Waals surface area contributed by atoms with Crippen molar-refractivity contribution in [1.82, 2.24) is 4.90 Å². The highest BCUT2D eigenvalue weighted by Gasteiger charge is 2.43. The van der Waals surface area contributed by atoms with E-state index in [0.29, 0.717) is 17.5 Å². The number of phenolic OH excluding ortho intramolecular Hbond substituents is 2. The standard InChI is InChI=1S/C27H29NO7/c1-12-16(28(3)4)7-8-19(35-12)14-5-6-15-21(24(14)31)26(33)22-17(29)9-13-10-27(2,34)11-18(30)20(13)23(22)25(15)32/h5-6,9,12,16,19,29,31,34H,7-8,10-11H2,1-4H3. The minimum atomic E-state index is -1.31. The van der Waals surface area contributed by atoms with E-state index in [1.165, 1.54) is 19.1 Å². The summed E-state index contributed by atoms with van der Waals surface area (Å²) in [4.78, 5) is 42.1. The molecule has 0 spiro atoms. The van der Waals surface area contributed by atoms with E-state index >= 15 is 0 Å². The normalized spacial score (nSPS) is 28.1. The lowest BCUT2D eigenvalue weighted by Gasteiger charge is -2.38. The molecule has 3 N–H and O–H groups in total. The van der Waals surface area contributed by atoms with Gasteiger partial charge in [-0.3, -0.25) is 14.4 Å². The number of ether oxygens (including phenoxy) is 1. The summed E-state index contributed by atoms with van der Waals surface area (Å²) in [6.07, 6.45) is 0.794. The molecule has 0 radical (unpaired) electrons. The molecular weight excluding hydrogens is 450 g/mol. The summed E-state index contributed by atoms with van der Waals surface area (Å²) < 4.78 is 6.17. The van der Waals surface area contributed by atoms with E-state index in [1.807, 2.05) is 21.0 Å². The average molecular weight is 480 g/mol. The van der Waals surface area contributed by atoms with Crippen molar-refractivity contribution < 1.29 is 34.4 Å². The van der Waals surface area contributed by atoms with Gasteiger partial charge in [-0.2, -0.15) is 0 Å². The zero-order valence-electron chi connectivity index (χ0n) is 20.2. The number of benzene rings is 2. The van der Waals surface area contributed by atoms with Crippen LogP contribution in [-0.4, -0.2) is 69.4 Å². The van der Waals surface area contributed by atoms with Crippen molar-refractivity contribution in [2.24, 2.45) is 0 Å². The van der Waals surface area contributed by atoms with Gasteiger partial charge >= 0.3 is 0 Å². The second kappa shape index (κ2) is 7.98. The highest BCUT2D eigenvalue weighted by molar-refractivity contribution is 6.33. The number of phenols is 2. The zero-order valence-corrected chi connectivity index (χ0v) is 20.2. The number of aromatic hydroxyl groups is 2. The summed E-state index contributed by atoms with van der Waals surface area (Å²) in [6.45, 7) is 3.48. The summed E-state index contributed by atoms with van der Waals surface area (Å²) in [7, 11) is 3.97. The second-order valence-electron chi connectivity index (χ2n) is 10.5. The molecule has 0 aromatic heterocycles. The number of Topliss-reactive ketones (excluding diaryl/α,β-unsaturated/α-hetero) is 1. The fourth-order valence-corrected chi connectivity index (χ4v) is 5.97. The first kappa shape index (κ1) is 23.7. The summed E-state index contributed by atoms with van der Waals surface area (Å²) in [5.41, 5.74) is -1.13. The van der Waals surface area contributed by atoms with Crippen LogP contribution in [0.25, 0.3) is 0 Å². The van der Waals surface area contributed by atoms with Crippen molar-refractivity contribution in [3.05, 3.63) is 57.1 Å². The lowest BCUT2D eigenvalue weighted by atomic mass is 9.72. The van der Waals surface area contributed by atoms with Gasteiger partial charge in [-0.25, -0.2) is 0 Å². The van der Waals surface area contributed by atoms with Gasteiger partial charge < -0.3 is 25.0 Å². The van der Waals surface area contributed by atoms with Gasteiger partial charge in [-0.05, 0) is 58.5 Å². The van der Waals surface area contributed by atoms with Gasteiger partial charge in [0.25, 0.3) is 0 Å². The van der Waals surface area contributed by atoms with Crippen molar-refractivity contribution >= 4 is 17.3 Å². The summed E-state index contributed by atoms with van der Waals surface area (Å²) in [5, 5.41) is 32.3. The molecule has 0 bridgehead atoms. The van der Waals surface area contributed by atoms with Gasteiger partial charge in [-0.1, -0.05) is 6.07 Å². The minimum Gasteiger partial charge on any atom is -0.507 e. The monoisotopic (exact) mass is 479 g/mol. The molecule has 1 fully saturated rings. The first-order valence-electron chi connectivity index (χ1n) is 11.8. The maximum atomic E-state index is 13.6. The van der Waals surface area contributed by atoms with Crippen molar-refractivity contribution in [3.8, 4) is 11.5 Å². The summed E-state index contributed by atoms with van der Waals surface area (Å²) in [6, 6.07) is 4.57. The number of fused-ring (bicyclic) bond motifs is 4. The number of aliphatic hydroxyl groups is 1. The van der Waals surface area contributed by atoms with Crippen molar-refractivity contribution in [1.29, 1.82) is 0 Å². The maximum absolute atomic E-state index is 13.6. The predicted molar refractivity (Wildman–Crippen MR) is 126 cm³/mol. The number of carbonyl (C=O) groups is 3. The first-order valence-corrected chi connectivity index (χ1v) is 11.8. The Morgan fingerprint density at radius 3 is 2.34 bits per heavy atom. The van der Waals surface area contributed by atoms with E-state index in [-0.39, 0.29) is 58.6 Å². The number of likely N-dealkylation sites (N-methyl/N-ethyl adjacent to an activating group) is 1. The van der Waals surface area contributed by atoms with E-state index in [0.717, 1.165) is 6.42 Å². The fraction of sp³-hybridized carbons (Fsp3) is 0.444. The van der Waals surface area contributed by atoms with E-state index < -0.39 is 34.8 Å². The lowest BCUT2D eigenvalue weighted by Crippen LogP contribution is -2.43. The van der Waals surface area contributed by atoms with Crippen molar-refractivity contribution in [2.45, 2.75) is 63.4 Å². The molecule has 5 rings (SSSR count). The molecule has 35 heavy (non-hydrogen) atoms. The smallest absolute Gasteiger partial charge is 0.202 e. The van der Waals surface area contributed by atoms with Gasteiger partial charge in [0.2, 0.25) is 5.78 Å². The van der Waals surface area contributed by atoms with Crippen LogP contribution in [0, 0.1) is 0 Å². The molecule has 8 nitrogen and oxygen atoms in total. The molecule has 4 atom stereocenters. The highest BCUT2D eigenvalue weighted by Crippen LogP contribution is 2.45. The molecule has 3 aliphatic rings. The number of ketones is 3. The van der Waals surface area contributed by atoms with Crippen LogP contribution < -0.4 is 0 Å². The lowest BCUT2D eigenvalue weighted by molar-refractivity contribution is -0.0830. The summed E-state index contributed by atoms with van der Waals surface area (Å²) in [5.74, 6) is -2.57. The van der Waals surface area contributed by atoms with Crippen molar-refractivity contribution in [3.63, 3.8) is 0 Å². The molecule has 1 saturated heterocycles. The quantitative estimate of drug-likeness (QED) is 0.513. The third-order valence-corrected chi connectivity index (χ3v) is 7.57. The van der Waals surface area contributed by atoms with Gasteiger partial charge in [-0.15, -0.1) is 0 Å². The predicted octanol–water partition coefficient (Wildman–Crippen LogP) is 2.92. The van der Waals surface area contributed by atoms with Crippen LogP contribution in [0.15, 0.2) is 18.2 Å². The summed E-state index contributed by atoms with van der Waals surface area (Å²) >= 11 is 0. The molecule has 2 aromatic carbocycles. The number of carbonyl (C=O) groups excluding carboxylic acids is 3. The van der Waals surface area contributed by atoms with Crippen LogP contribution in [0.5, 0.6) is 11.5 Å². The molecule has 1 aliphatic heterocycles. The largest absolute Gasteiger partial charge is 0.507 e. The Bertz CT molecular complexity index is 1290. The fourth-order valence-electron chi connectivity index (χ4n) is 5.97. The molecule has 0 saturated carbocycles. The number of hydrogen-bond donors (Lipinski definition) is 3. The molecule has 0 amide bonds. The first-order chi connectivity index (χ1) is 16.4. The van der Waals surface area contributed by atoms with Crippen molar-refractivity contribution in [2.75, 3.05) is 14.1 Å². The Hall–Kier alpha value is -3.07. The third-order valence-electron chi connectivity index (χ3n) is 7.57. The molecule has 8 heteroatoms. The molecule has 2 aromatic rings. The third kappa shape index (κ3) is 3.59. The molecule has 1 heterocycles. The van der Waals surface area contributed by atoms with Gasteiger partial charge in [0.1, 0.15) is 11.5 Å². The number of hydrogen-bond acceptors (Lipinski definition) is 8. The van der Waals surface area contributed by atoms with Gasteiger partial charge in [0.15, 0.2) is 11.6 Å². The Balaban J connectivity index is 1.60. The van der Waals surface area contributed by atoms with Gasteiger partial charge in [0, 0.05) is 41.1 Å².